The van der Waals surface area contributed by atoms with E-state index in [1.807, 2.05) is 26.1 Å². The van der Waals surface area contributed by atoms with Crippen LogP contribution in [0.1, 0.15) is 5.56 Å². The Morgan fingerprint density at radius 2 is 2.14 bits per heavy atom. The molecule has 14 heavy (non-hydrogen) atoms. The van der Waals surface area contributed by atoms with E-state index in [1.54, 1.807) is 6.20 Å². The van der Waals surface area contributed by atoms with Gasteiger partial charge in [-0.1, -0.05) is 0 Å². The van der Waals surface area contributed by atoms with Crippen molar-refractivity contribution in [1.29, 1.82) is 0 Å². The van der Waals surface area contributed by atoms with Crippen LogP contribution in [0.2, 0.25) is 0 Å². The summed E-state index contributed by atoms with van der Waals surface area (Å²) in [6.45, 7) is 2.00. The number of pyridine rings is 1. The second kappa shape index (κ2) is 3.18. The highest BCUT2D eigenvalue weighted by atomic mass is 14.9. The average Bonchev–Trinajstić information content (AvgIpc) is 2.19. The fraction of sp³-hybridized carbons (Fsp3) is 0.182. The second-order valence-corrected chi connectivity index (χ2v) is 3.34. The van der Waals surface area contributed by atoms with Crippen LogP contribution in [0.5, 0.6) is 0 Å². The number of rotatable bonds is 1. The molecule has 2 rings (SSSR count). The van der Waals surface area contributed by atoms with Crippen molar-refractivity contribution in [3.8, 4) is 0 Å². The zero-order chi connectivity index (χ0) is 10.1. The monoisotopic (exact) mass is 187 g/mol. The minimum Gasteiger partial charge on any atom is -0.398 e. The van der Waals surface area contributed by atoms with E-state index in [9.17, 15) is 0 Å². The summed E-state index contributed by atoms with van der Waals surface area (Å²) >= 11 is 0. The molecular weight excluding hydrogens is 174 g/mol. The summed E-state index contributed by atoms with van der Waals surface area (Å²) in [4.78, 5) is 4.24. The van der Waals surface area contributed by atoms with E-state index in [0.29, 0.717) is 0 Å². The summed E-state index contributed by atoms with van der Waals surface area (Å²) in [5.41, 5.74) is 7.75. The van der Waals surface area contributed by atoms with Gasteiger partial charge in [-0.3, -0.25) is 0 Å². The molecule has 0 aliphatic rings. The van der Waals surface area contributed by atoms with Crippen molar-refractivity contribution in [1.82, 2.24) is 4.98 Å². The Balaban J connectivity index is 2.81. The lowest BCUT2D eigenvalue weighted by Gasteiger charge is -2.07. The van der Waals surface area contributed by atoms with Crippen LogP contribution >= 0.6 is 0 Å². The fourth-order valence-corrected chi connectivity index (χ4v) is 1.55. The quantitative estimate of drug-likeness (QED) is 0.673. The number of hydrogen-bond acceptors (Lipinski definition) is 3. The summed E-state index contributed by atoms with van der Waals surface area (Å²) in [6.07, 6.45) is 1.78. The molecule has 3 heteroatoms. The van der Waals surface area contributed by atoms with Crippen LogP contribution in [-0.2, 0) is 0 Å². The molecule has 0 atom stereocenters. The predicted molar refractivity (Wildman–Crippen MR) is 60.4 cm³/mol. The van der Waals surface area contributed by atoms with Gasteiger partial charge in [0.15, 0.2) is 0 Å². The molecule has 72 valence electrons. The third kappa shape index (κ3) is 1.27. The van der Waals surface area contributed by atoms with Crippen molar-refractivity contribution < 1.29 is 0 Å². The molecule has 0 saturated heterocycles. The van der Waals surface area contributed by atoms with E-state index >= 15 is 0 Å². The van der Waals surface area contributed by atoms with Crippen molar-refractivity contribution in [2.24, 2.45) is 0 Å². The molecule has 1 heterocycles. The molecule has 3 nitrogen and oxygen atoms in total. The first-order valence-corrected chi connectivity index (χ1v) is 4.55. The number of fused-ring (bicyclic) bond motifs is 1. The smallest absolute Gasteiger partial charge is 0.133 e. The van der Waals surface area contributed by atoms with E-state index in [4.69, 9.17) is 5.73 Å². The van der Waals surface area contributed by atoms with Crippen LogP contribution in [0.25, 0.3) is 10.8 Å². The third-order valence-corrected chi connectivity index (χ3v) is 2.39. The first kappa shape index (κ1) is 8.81. The maximum Gasteiger partial charge on any atom is 0.133 e. The molecule has 0 fully saturated rings. The van der Waals surface area contributed by atoms with Gasteiger partial charge in [0.05, 0.1) is 0 Å². The summed E-state index contributed by atoms with van der Waals surface area (Å²) in [5.74, 6) is 0.894. The van der Waals surface area contributed by atoms with Gasteiger partial charge in [-0.25, -0.2) is 4.98 Å². The van der Waals surface area contributed by atoms with Crippen molar-refractivity contribution in [2.75, 3.05) is 18.1 Å². The predicted octanol–water partition coefficient (Wildman–Crippen LogP) is 2.17. The average molecular weight is 187 g/mol. The highest BCUT2D eigenvalue weighted by Gasteiger charge is 2.02. The number of benzene rings is 1. The lowest BCUT2D eigenvalue weighted by atomic mass is 10.1. The number of aromatic nitrogens is 1. The largest absolute Gasteiger partial charge is 0.398 e. The molecule has 0 saturated carbocycles. The Morgan fingerprint density at radius 3 is 2.86 bits per heavy atom. The van der Waals surface area contributed by atoms with Crippen LogP contribution in [0.3, 0.4) is 0 Å². The molecule has 0 bridgehead atoms. The number of aryl methyl sites for hydroxylation is 1. The Bertz CT molecular complexity index is 477. The van der Waals surface area contributed by atoms with Gasteiger partial charge in [-0.2, -0.15) is 0 Å². The van der Waals surface area contributed by atoms with E-state index in [0.717, 1.165) is 27.8 Å². The van der Waals surface area contributed by atoms with Crippen LogP contribution in [-0.4, -0.2) is 12.0 Å². The summed E-state index contributed by atoms with van der Waals surface area (Å²) in [6, 6.07) is 6.00. The van der Waals surface area contributed by atoms with E-state index in [1.165, 1.54) is 0 Å². The molecule has 0 radical (unpaired) electrons. The fourth-order valence-electron chi connectivity index (χ4n) is 1.55. The number of nitrogens with two attached hydrogens (primary N) is 1. The van der Waals surface area contributed by atoms with Gasteiger partial charge in [0.1, 0.15) is 5.82 Å². The van der Waals surface area contributed by atoms with E-state index < -0.39 is 0 Å². The summed E-state index contributed by atoms with van der Waals surface area (Å²) < 4.78 is 0. The number of nitrogens with one attached hydrogen (secondary N) is 1. The molecule has 0 aliphatic carbocycles. The molecule has 1 aromatic heterocycles. The molecule has 0 unspecified atom stereocenters. The molecule has 1 aromatic carbocycles. The SMILES string of the molecule is CNc1nccc2cc(N)c(C)cc12. The number of nitrogens with zero attached hydrogens (tertiary/aromatic N) is 1. The van der Waals surface area contributed by atoms with Gasteiger partial charge in [-0.05, 0) is 36.1 Å². The van der Waals surface area contributed by atoms with Crippen molar-refractivity contribution in [2.45, 2.75) is 6.92 Å². The topological polar surface area (TPSA) is 50.9 Å². The van der Waals surface area contributed by atoms with Gasteiger partial charge in [-0.15, -0.1) is 0 Å². The highest BCUT2D eigenvalue weighted by molar-refractivity contribution is 5.94. The lowest BCUT2D eigenvalue weighted by molar-refractivity contribution is 1.31. The number of hydrogen-bond donors (Lipinski definition) is 2. The number of nitrogen functional groups attached to an aromatic ring is 1. The Kier molecular flexibility index (Phi) is 2.00. The maximum absolute atomic E-state index is 5.84. The van der Waals surface area contributed by atoms with Crippen LogP contribution in [0.15, 0.2) is 24.4 Å². The summed E-state index contributed by atoms with van der Waals surface area (Å²) in [5, 5.41) is 5.30. The highest BCUT2D eigenvalue weighted by Crippen LogP contribution is 2.25. The van der Waals surface area contributed by atoms with Crippen LogP contribution < -0.4 is 11.1 Å². The number of anilines is 2. The van der Waals surface area contributed by atoms with Gasteiger partial charge in [0.2, 0.25) is 0 Å². The molecule has 0 spiro atoms. The van der Waals surface area contributed by atoms with E-state index in [2.05, 4.69) is 16.4 Å². The molecule has 3 N–H and O–H groups in total. The molecular formula is C11H13N3. The molecule has 2 aromatic rings. The van der Waals surface area contributed by atoms with E-state index in [-0.39, 0.29) is 0 Å². The first-order chi connectivity index (χ1) is 6.72. The molecule has 0 aliphatic heterocycles. The van der Waals surface area contributed by atoms with Gasteiger partial charge in [0.25, 0.3) is 0 Å². The first-order valence-electron chi connectivity index (χ1n) is 4.55. The summed E-state index contributed by atoms with van der Waals surface area (Å²) in [7, 11) is 1.87. The van der Waals surface area contributed by atoms with Crippen molar-refractivity contribution in [3.63, 3.8) is 0 Å². The standard InChI is InChI=1S/C11H13N3/c1-7-5-9-8(6-10(7)12)3-4-14-11(9)13-2/h3-6H,12H2,1-2H3,(H,13,14). The maximum atomic E-state index is 5.84. The Morgan fingerprint density at radius 1 is 1.36 bits per heavy atom. The Hall–Kier alpha value is -1.77. The van der Waals surface area contributed by atoms with Crippen molar-refractivity contribution in [3.05, 3.63) is 30.0 Å². The zero-order valence-electron chi connectivity index (χ0n) is 8.33. The Labute approximate surface area is 83.0 Å². The normalized spacial score (nSPS) is 10.4. The van der Waals surface area contributed by atoms with Crippen LogP contribution in [0, 0.1) is 6.92 Å². The van der Waals surface area contributed by atoms with Gasteiger partial charge in [0, 0.05) is 24.3 Å². The zero-order valence-corrected chi connectivity index (χ0v) is 8.33. The lowest BCUT2D eigenvalue weighted by Crippen LogP contribution is -1.95. The van der Waals surface area contributed by atoms with Crippen LogP contribution in [0.4, 0.5) is 11.5 Å². The minimum absolute atomic E-state index is 0.825. The second-order valence-electron chi connectivity index (χ2n) is 3.34. The molecule has 0 amide bonds. The van der Waals surface area contributed by atoms with Gasteiger partial charge < -0.3 is 11.1 Å². The van der Waals surface area contributed by atoms with Gasteiger partial charge >= 0.3 is 0 Å². The van der Waals surface area contributed by atoms with Crippen molar-refractivity contribution >= 4 is 22.3 Å². The minimum atomic E-state index is 0.825. The third-order valence-electron chi connectivity index (χ3n) is 2.39.